The monoisotopic (exact) mass is 345 g/mol. The molecule has 25 heavy (non-hydrogen) atoms. The van der Waals surface area contributed by atoms with Crippen LogP contribution in [0.25, 0.3) is 0 Å². The van der Waals surface area contributed by atoms with E-state index in [2.05, 4.69) is 5.32 Å². The van der Waals surface area contributed by atoms with Crippen molar-refractivity contribution >= 4 is 17.7 Å². The summed E-state index contributed by atoms with van der Waals surface area (Å²) in [4.78, 5) is 39.0. The van der Waals surface area contributed by atoms with Gasteiger partial charge in [0.1, 0.15) is 0 Å². The van der Waals surface area contributed by atoms with Crippen LogP contribution in [0.4, 0.5) is 0 Å². The van der Waals surface area contributed by atoms with Crippen molar-refractivity contribution in [3.8, 4) is 0 Å². The molecule has 0 bridgehead atoms. The number of rotatable bonds is 6. The molecule has 2 rings (SSSR count). The molecule has 1 fully saturated rings. The van der Waals surface area contributed by atoms with Gasteiger partial charge in [-0.1, -0.05) is 37.3 Å². The van der Waals surface area contributed by atoms with Crippen LogP contribution in [0.5, 0.6) is 0 Å². The summed E-state index contributed by atoms with van der Waals surface area (Å²) in [7, 11) is 0. The van der Waals surface area contributed by atoms with Crippen molar-refractivity contribution in [3.05, 3.63) is 35.9 Å². The third-order valence-corrected chi connectivity index (χ3v) is 4.60. The summed E-state index contributed by atoms with van der Waals surface area (Å²) in [6.07, 6.45) is 0.709. The summed E-state index contributed by atoms with van der Waals surface area (Å²) in [6, 6.07) is 9.92. The Hall–Kier alpha value is -2.37. The zero-order chi connectivity index (χ0) is 18.2. The lowest BCUT2D eigenvalue weighted by atomic mass is 9.97. The lowest BCUT2D eigenvalue weighted by Gasteiger charge is -2.34. The first-order valence-corrected chi connectivity index (χ1v) is 8.82. The summed E-state index contributed by atoms with van der Waals surface area (Å²) in [5, 5.41) is 2.83. The highest BCUT2D eigenvalue weighted by molar-refractivity contribution is 5.80. The summed E-state index contributed by atoms with van der Waals surface area (Å²) < 4.78 is 0. The number of benzene rings is 1. The van der Waals surface area contributed by atoms with E-state index in [9.17, 15) is 14.4 Å². The first kappa shape index (κ1) is 19.0. The van der Waals surface area contributed by atoms with Gasteiger partial charge in [0, 0.05) is 52.5 Å². The molecular weight excluding hydrogens is 318 g/mol. The number of carbonyl (C=O) groups is 3. The minimum absolute atomic E-state index is 0.0274. The molecule has 0 radical (unpaired) electrons. The Morgan fingerprint density at radius 2 is 1.64 bits per heavy atom. The molecule has 1 aromatic rings. The summed E-state index contributed by atoms with van der Waals surface area (Å²) >= 11 is 0. The number of piperazine rings is 1. The van der Waals surface area contributed by atoms with Gasteiger partial charge in [0.25, 0.3) is 0 Å². The summed E-state index contributed by atoms with van der Waals surface area (Å²) in [5.74, 6) is 0.189. The number of nitrogens with zero attached hydrogens (tertiary/aromatic N) is 2. The second-order valence-corrected chi connectivity index (χ2v) is 6.50. The topological polar surface area (TPSA) is 69.7 Å². The third kappa shape index (κ3) is 5.89. The standard InChI is InChI=1S/C19H27N3O3/c1-15(17-6-4-3-5-7-17)14-18(24)20-9-8-19(25)22-12-10-21(11-13-22)16(2)23/h3-7,15H,8-14H2,1-2H3,(H,20,24). The highest BCUT2D eigenvalue weighted by atomic mass is 16.2. The first-order chi connectivity index (χ1) is 12.0. The van der Waals surface area contributed by atoms with Crippen LogP contribution in [0.15, 0.2) is 30.3 Å². The molecule has 1 N–H and O–H groups in total. The van der Waals surface area contributed by atoms with Crippen LogP contribution in [0.3, 0.4) is 0 Å². The van der Waals surface area contributed by atoms with Crippen molar-refractivity contribution in [2.24, 2.45) is 0 Å². The molecule has 1 aliphatic heterocycles. The quantitative estimate of drug-likeness (QED) is 0.847. The number of hydrogen-bond donors (Lipinski definition) is 1. The number of amides is 3. The Kier molecular flexibility index (Phi) is 6.98. The fraction of sp³-hybridized carbons (Fsp3) is 0.526. The second-order valence-electron chi connectivity index (χ2n) is 6.50. The molecule has 1 atom stereocenters. The number of hydrogen-bond acceptors (Lipinski definition) is 3. The fourth-order valence-electron chi connectivity index (χ4n) is 2.99. The van der Waals surface area contributed by atoms with Gasteiger partial charge in [-0.05, 0) is 11.5 Å². The molecular formula is C19H27N3O3. The molecule has 1 aliphatic rings. The fourth-order valence-corrected chi connectivity index (χ4v) is 2.99. The van der Waals surface area contributed by atoms with Gasteiger partial charge in [-0.15, -0.1) is 0 Å². The maximum Gasteiger partial charge on any atom is 0.224 e. The molecule has 6 nitrogen and oxygen atoms in total. The van der Waals surface area contributed by atoms with E-state index in [0.717, 1.165) is 5.56 Å². The highest BCUT2D eigenvalue weighted by Gasteiger charge is 2.22. The van der Waals surface area contributed by atoms with Crippen molar-refractivity contribution in [3.63, 3.8) is 0 Å². The molecule has 1 aromatic carbocycles. The van der Waals surface area contributed by atoms with Crippen LogP contribution in [0.1, 0.15) is 38.2 Å². The highest BCUT2D eigenvalue weighted by Crippen LogP contribution is 2.17. The van der Waals surface area contributed by atoms with E-state index in [4.69, 9.17) is 0 Å². The van der Waals surface area contributed by atoms with Gasteiger partial charge >= 0.3 is 0 Å². The predicted molar refractivity (Wildman–Crippen MR) is 95.9 cm³/mol. The third-order valence-electron chi connectivity index (χ3n) is 4.60. The smallest absolute Gasteiger partial charge is 0.224 e. The maximum absolute atomic E-state index is 12.2. The summed E-state index contributed by atoms with van der Waals surface area (Å²) in [5.41, 5.74) is 1.14. The molecule has 0 aromatic heterocycles. The zero-order valence-electron chi connectivity index (χ0n) is 15.0. The molecule has 3 amide bonds. The largest absolute Gasteiger partial charge is 0.356 e. The van der Waals surface area contributed by atoms with Crippen LogP contribution < -0.4 is 5.32 Å². The van der Waals surface area contributed by atoms with E-state index in [1.165, 1.54) is 0 Å². The summed E-state index contributed by atoms with van der Waals surface area (Å²) in [6.45, 7) is 6.23. The molecule has 6 heteroatoms. The number of nitrogens with one attached hydrogen (secondary N) is 1. The van der Waals surface area contributed by atoms with Crippen molar-refractivity contribution < 1.29 is 14.4 Å². The Balaban J connectivity index is 1.66. The van der Waals surface area contributed by atoms with Crippen LogP contribution in [-0.2, 0) is 14.4 Å². The molecule has 1 saturated heterocycles. The van der Waals surface area contributed by atoms with Crippen LogP contribution in [-0.4, -0.2) is 60.2 Å². The second kappa shape index (κ2) is 9.20. The lowest BCUT2D eigenvalue weighted by Crippen LogP contribution is -2.50. The van der Waals surface area contributed by atoms with E-state index >= 15 is 0 Å². The Bertz CT molecular complexity index is 595. The van der Waals surface area contributed by atoms with Gasteiger partial charge in [-0.2, -0.15) is 0 Å². The van der Waals surface area contributed by atoms with Crippen LogP contribution >= 0.6 is 0 Å². The minimum atomic E-state index is -0.0365. The number of carbonyl (C=O) groups excluding carboxylic acids is 3. The molecule has 1 heterocycles. The van der Waals surface area contributed by atoms with Gasteiger partial charge in [0.05, 0.1) is 0 Å². The first-order valence-electron chi connectivity index (χ1n) is 8.82. The van der Waals surface area contributed by atoms with Crippen molar-refractivity contribution in [1.29, 1.82) is 0 Å². The van der Waals surface area contributed by atoms with E-state index in [1.54, 1.807) is 16.7 Å². The van der Waals surface area contributed by atoms with Gasteiger partial charge < -0.3 is 15.1 Å². The zero-order valence-corrected chi connectivity index (χ0v) is 15.0. The van der Waals surface area contributed by atoms with E-state index < -0.39 is 0 Å². The van der Waals surface area contributed by atoms with Gasteiger partial charge in [-0.25, -0.2) is 0 Å². The molecule has 0 spiro atoms. The minimum Gasteiger partial charge on any atom is -0.356 e. The Labute approximate surface area is 149 Å². The van der Waals surface area contributed by atoms with Crippen molar-refractivity contribution in [1.82, 2.24) is 15.1 Å². The Morgan fingerprint density at radius 1 is 1.04 bits per heavy atom. The normalized spacial score (nSPS) is 15.6. The van der Waals surface area contributed by atoms with E-state index in [1.807, 2.05) is 37.3 Å². The average Bonchev–Trinajstić information content (AvgIpc) is 2.62. The van der Waals surface area contributed by atoms with E-state index in [0.29, 0.717) is 45.6 Å². The van der Waals surface area contributed by atoms with Crippen molar-refractivity contribution in [2.45, 2.75) is 32.6 Å². The average molecular weight is 345 g/mol. The molecule has 0 aliphatic carbocycles. The van der Waals surface area contributed by atoms with Crippen LogP contribution in [0.2, 0.25) is 0 Å². The van der Waals surface area contributed by atoms with Gasteiger partial charge in [-0.3, -0.25) is 14.4 Å². The molecule has 1 unspecified atom stereocenters. The van der Waals surface area contributed by atoms with Crippen molar-refractivity contribution in [2.75, 3.05) is 32.7 Å². The predicted octanol–water partition coefficient (Wildman–Crippen LogP) is 1.38. The lowest BCUT2D eigenvalue weighted by molar-refractivity contribution is -0.138. The van der Waals surface area contributed by atoms with Gasteiger partial charge in [0.2, 0.25) is 17.7 Å². The SMILES string of the molecule is CC(=O)N1CCN(C(=O)CCNC(=O)CC(C)c2ccccc2)CC1. The van der Waals surface area contributed by atoms with Crippen LogP contribution in [0, 0.1) is 0 Å². The molecule has 0 saturated carbocycles. The van der Waals surface area contributed by atoms with E-state index in [-0.39, 0.29) is 23.6 Å². The maximum atomic E-state index is 12.2. The molecule has 136 valence electrons. The Morgan fingerprint density at radius 3 is 2.24 bits per heavy atom. The van der Waals surface area contributed by atoms with Gasteiger partial charge in [0.15, 0.2) is 0 Å².